The van der Waals surface area contributed by atoms with Crippen LogP contribution in [0.2, 0.25) is 0 Å². The van der Waals surface area contributed by atoms with Crippen LogP contribution in [0.3, 0.4) is 0 Å². The SMILES string of the molecule is OC1CCCC1c1nc(CC2CC2)no1. The molecule has 1 N–H and O–H groups in total. The number of aliphatic hydroxyl groups excluding tert-OH is 1. The van der Waals surface area contributed by atoms with Gasteiger partial charge in [-0.2, -0.15) is 4.98 Å². The molecule has 4 heteroatoms. The van der Waals surface area contributed by atoms with Crippen LogP contribution in [-0.4, -0.2) is 21.4 Å². The first-order chi connectivity index (χ1) is 7.33. The highest BCUT2D eigenvalue weighted by Gasteiger charge is 2.32. The van der Waals surface area contributed by atoms with Gasteiger partial charge in [-0.25, -0.2) is 0 Å². The van der Waals surface area contributed by atoms with Crippen LogP contribution < -0.4 is 0 Å². The molecule has 0 amide bonds. The molecule has 2 aliphatic carbocycles. The van der Waals surface area contributed by atoms with Gasteiger partial charge in [-0.15, -0.1) is 0 Å². The first-order valence-electron chi connectivity index (χ1n) is 5.83. The summed E-state index contributed by atoms with van der Waals surface area (Å²) in [5.74, 6) is 2.34. The number of hydrogen-bond donors (Lipinski definition) is 1. The zero-order valence-corrected chi connectivity index (χ0v) is 8.72. The second-order valence-electron chi connectivity index (χ2n) is 4.80. The molecule has 1 aromatic heterocycles. The third-order valence-electron chi connectivity index (χ3n) is 3.45. The van der Waals surface area contributed by atoms with Crippen LogP contribution in [0.15, 0.2) is 4.52 Å². The molecule has 1 aromatic rings. The van der Waals surface area contributed by atoms with Crippen molar-refractivity contribution in [3.8, 4) is 0 Å². The van der Waals surface area contributed by atoms with E-state index in [1.54, 1.807) is 0 Å². The molecule has 4 nitrogen and oxygen atoms in total. The van der Waals surface area contributed by atoms with Crippen molar-refractivity contribution in [2.75, 3.05) is 0 Å². The highest BCUT2D eigenvalue weighted by atomic mass is 16.5. The van der Waals surface area contributed by atoms with E-state index >= 15 is 0 Å². The summed E-state index contributed by atoms with van der Waals surface area (Å²) < 4.78 is 5.23. The zero-order valence-electron chi connectivity index (χ0n) is 8.72. The molecule has 0 aliphatic heterocycles. The Balaban J connectivity index is 1.71. The van der Waals surface area contributed by atoms with Crippen molar-refractivity contribution in [1.29, 1.82) is 0 Å². The van der Waals surface area contributed by atoms with E-state index in [2.05, 4.69) is 10.1 Å². The first kappa shape index (κ1) is 9.33. The minimum Gasteiger partial charge on any atom is -0.392 e. The van der Waals surface area contributed by atoms with Gasteiger partial charge in [-0.3, -0.25) is 0 Å². The van der Waals surface area contributed by atoms with Gasteiger partial charge < -0.3 is 9.63 Å². The van der Waals surface area contributed by atoms with E-state index in [9.17, 15) is 5.11 Å². The Morgan fingerprint density at radius 1 is 1.27 bits per heavy atom. The van der Waals surface area contributed by atoms with Gasteiger partial charge in [0.05, 0.1) is 12.0 Å². The van der Waals surface area contributed by atoms with Crippen molar-refractivity contribution < 1.29 is 9.63 Å². The van der Waals surface area contributed by atoms with Crippen molar-refractivity contribution >= 4 is 0 Å². The molecule has 3 rings (SSSR count). The van der Waals surface area contributed by atoms with Crippen LogP contribution in [-0.2, 0) is 6.42 Å². The lowest BCUT2D eigenvalue weighted by atomic mass is 10.1. The average Bonchev–Trinajstić information content (AvgIpc) is 2.74. The minimum atomic E-state index is -0.278. The van der Waals surface area contributed by atoms with Gasteiger partial charge in [0.25, 0.3) is 0 Å². The summed E-state index contributed by atoms with van der Waals surface area (Å²) >= 11 is 0. The fourth-order valence-corrected chi connectivity index (χ4v) is 2.31. The monoisotopic (exact) mass is 208 g/mol. The number of hydrogen-bond acceptors (Lipinski definition) is 4. The third kappa shape index (κ3) is 1.91. The summed E-state index contributed by atoms with van der Waals surface area (Å²) in [5.41, 5.74) is 0. The van der Waals surface area contributed by atoms with Gasteiger partial charge in [-0.1, -0.05) is 5.16 Å². The van der Waals surface area contributed by atoms with Gasteiger partial charge in [-0.05, 0) is 38.0 Å². The molecule has 15 heavy (non-hydrogen) atoms. The maximum absolute atomic E-state index is 9.72. The maximum atomic E-state index is 9.72. The van der Waals surface area contributed by atoms with Gasteiger partial charge in [0.2, 0.25) is 5.89 Å². The van der Waals surface area contributed by atoms with Crippen LogP contribution in [0.1, 0.15) is 49.7 Å². The van der Waals surface area contributed by atoms with Gasteiger partial charge in [0, 0.05) is 6.42 Å². The Kier molecular flexibility index (Phi) is 2.24. The van der Waals surface area contributed by atoms with E-state index in [-0.39, 0.29) is 12.0 Å². The summed E-state index contributed by atoms with van der Waals surface area (Å²) in [6.07, 6.45) is 6.18. The van der Waals surface area contributed by atoms with E-state index in [4.69, 9.17) is 4.52 Å². The molecule has 0 bridgehead atoms. The van der Waals surface area contributed by atoms with Crippen LogP contribution in [0.25, 0.3) is 0 Å². The Morgan fingerprint density at radius 3 is 2.80 bits per heavy atom. The molecular weight excluding hydrogens is 192 g/mol. The van der Waals surface area contributed by atoms with E-state index < -0.39 is 0 Å². The van der Waals surface area contributed by atoms with E-state index in [0.717, 1.165) is 37.4 Å². The van der Waals surface area contributed by atoms with Gasteiger partial charge >= 0.3 is 0 Å². The molecule has 2 unspecified atom stereocenters. The fraction of sp³-hybridized carbons (Fsp3) is 0.818. The topological polar surface area (TPSA) is 59.2 Å². The lowest BCUT2D eigenvalue weighted by Gasteiger charge is -2.07. The minimum absolute atomic E-state index is 0.0884. The number of rotatable bonds is 3. The normalized spacial score (nSPS) is 31.0. The van der Waals surface area contributed by atoms with Crippen molar-refractivity contribution in [3.05, 3.63) is 11.7 Å². The van der Waals surface area contributed by atoms with E-state index in [0.29, 0.717) is 5.89 Å². The van der Waals surface area contributed by atoms with Gasteiger partial charge in [0.15, 0.2) is 5.82 Å². The molecule has 2 saturated carbocycles. The number of aliphatic hydroxyl groups is 1. The molecule has 0 radical (unpaired) electrons. The Bertz CT molecular complexity index is 346. The number of nitrogens with zero attached hydrogens (tertiary/aromatic N) is 2. The van der Waals surface area contributed by atoms with Crippen molar-refractivity contribution in [1.82, 2.24) is 10.1 Å². The predicted octanol–water partition coefficient (Wildman–Crippen LogP) is 1.65. The smallest absolute Gasteiger partial charge is 0.232 e. The first-order valence-corrected chi connectivity index (χ1v) is 5.83. The number of aromatic nitrogens is 2. The third-order valence-corrected chi connectivity index (χ3v) is 3.45. The van der Waals surface area contributed by atoms with Crippen LogP contribution in [0.5, 0.6) is 0 Å². The second-order valence-corrected chi connectivity index (χ2v) is 4.80. The van der Waals surface area contributed by atoms with E-state index in [1.807, 2.05) is 0 Å². The molecule has 2 atom stereocenters. The van der Waals surface area contributed by atoms with Crippen LogP contribution in [0, 0.1) is 5.92 Å². The lowest BCUT2D eigenvalue weighted by molar-refractivity contribution is 0.148. The van der Waals surface area contributed by atoms with Crippen LogP contribution in [0.4, 0.5) is 0 Å². The Labute approximate surface area is 88.7 Å². The zero-order chi connectivity index (χ0) is 10.3. The van der Waals surface area contributed by atoms with Crippen molar-refractivity contribution in [2.45, 2.75) is 50.5 Å². The summed E-state index contributed by atoms with van der Waals surface area (Å²) in [6.45, 7) is 0. The lowest BCUT2D eigenvalue weighted by Crippen LogP contribution is -2.11. The summed E-state index contributed by atoms with van der Waals surface area (Å²) in [4.78, 5) is 4.39. The molecule has 2 fully saturated rings. The Hall–Kier alpha value is -0.900. The standard InChI is InChI=1S/C11H16N2O2/c14-9-3-1-2-8(9)11-12-10(13-15-11)6-7-4-5-7/h7-9,14H,1-6H2. The Morgan fingerprint density at radius 2 is 2.13 bits per heavy atom. The maximum Gasteiger partial charge on any atom is 0.232 e. The average molecular weight is 208 g/mol. The summed E-state index contributed by atoms with van der Waals surface area (Å²) in [6, 6.07) is 0. The quantitative estimate of drug-likeness (QED) is 0.820. The molecule has 1 heterocycles. The molecule has 0 aromatic carbocycles. The highest BCUT2D eigenvalue weighted by molar-refractivity contribution is 5.01. The van der Waals surface area contributed by atoms with Crippen molar-refractivity contribution in [3.63, 3.8) is 0 Å². The molecule has 82 valence electrons. The fourth-order valence-electron chi connectivity index (χ4n) is 2.31. The predicted molar refractivity (Wildman–Crippen MR) is 53.3 cm³/mol. The molecule has 0 saturated heterocycles. The largest absolute Gasteiger partial charge is 0.392 e. The summed E-state index contributed by atoms with van der Waals surface area (Å²) in [7, 11) is 0. The van der Waals surface area contributed by atoms with Crippen molar-refractivity contribution in [2.24, 2.45) is 5.92 Å². The van der Waals surface area contributed by atoms with Crippen LogP contribution >= 0.6 is 0 Å². The summed E-state index contributed by atoms with van der Waals surface area (Å²) in [5, 5.41) is 13.7. The van der Waals surface area contributed by atoms with E-state index in [1.165, 1.54) is 12.8 Å². The highest BCUT2D eigenvalue weighted by Crippen LogP contribution is 2.35. The molecule has 0 spiro atoms. The second kappa shape index (κ2) is 3.59. The molecular formula is C11H16N2O2. The van der Waals surface area contributed by atoms with Gasteiger partial charge in [0.1, 0.15) is 0 Å². The molecule has 2 aliphatic rings.